The molecule has 2 rings (SSSR count). The van der Waals surface area contributed by atoms with Crippen LogP contribution in [0.2, 0.25) is 0 Å². The molecule has 24 heavy (non-hydrogen) atoms. The van der Waals surface area contributed by atoms with Gasteiger partial charge in [-0.2, -0.15) is 13.2 Å². The highest BCUT2D eigenvalue weighted by Gasteiger charge is 2.32. The smallest absolute Gasteiger partial charge is 0.416 e. The number of amides is 1. The van der Waals surface area contributed by atoms with Crippen LogP contribution in [-0.2, 0) is 17.3 Å². The third-order valence-electron chi connectivity index (χ3n) is 3.24. The van der Waals surface area contributed by atoms with Gasteiger partial charge in [0.25, 0.3) is 0 Å². The van der Waals surface area contributed by atoms with Crippen LogP contribution in [0.1, 0.15) is 38.8 Å². The van der Waals surface area contributed by atoms with E-state index in [9.17, 15) is 18.0 Å². The lowest BCUT2D eigenvalue weighted by atomic mass is 10.0. The minimum Gasteiger partial charge on any atom is -0.464 e. The average molecular weight is 343 g/mol. The maximum atomic E-state index is 13.0. The fourth-order valence-electron chi connectivity index (χ4n) is 2.36. The van der Waals surface area contributed by atoms with Gasteiger partial charge < -0.3 is 14.5 Å². The number of benzene rings is 1. The first-order chi connectivity index (χ1) is 11.0. The van der Waals surface area contributed by atoms with Crippen LogP contribution >= 0.6 is 0 Å². The van der Waals surface area contributed by atoms with Crippen molar-refractivity contribution in [2.45, 2.75) is 51.9 Å². The number of halogens is 3. The van der Waals surface area contributed by atoms with Crippen molar-refractivity contribution < 1.29 is 27.1 Å². The number of carbonyl (C=O) groups excluding carboxylic acids is 1. The van der Waals surface area contributed by atoms with Gasteiger partial charge in [-0.3, -0.25) is 0 Å². The number of furan rings is 1. The summed E-state index contributed by atoms with van der Waals surface area (Å²) in [6.45, 7) is 6.89. The van der Waals surface area contributed by atoms with E-state index < -0.39 is 29.5 Å². The molecule has 1 amide bonds. The van der Waals surface area contributed by atoms with Gasteiger partial charge >= 0.3 is 12.3 Å². The largest absolute Gasteiger partial charge is 0.464 e. The average Bonchev–Trinajstić information content (AvgIpc) is 2.83. The molecule has 0 aliphatic heterocycles. The van der Waals surface area contributed by atoms with Crippen LogP contribution in [-0.4, -0.2) is 17.7 Å². The molecule has 0 bridgehead atoms. The van der Waals surface area contributed by atoms with Crippen molar-refractivity contribution in [1.29, 1.82) is 0 Å². The molecule has 0 spiro atoms. The molecule has 0 unspecified atom stereocenters. The zero-order chi connectivity index (χ0) is 18.1. The van der Waals surface area contributed by atoms with Gasteiger partial charge in [-0.05, 0) is 57.9 Å². The number of nitrogens with one attached hydrogen (secondary N) is 1. The van der Waals surface area contributed by atoms with Crippen molar-refractivity contribution in [2.24, 2.45) is 0 Å². The van der Waals surface area contributed by atoms with Crippen LogP contribution in [0.3, 0.4) is 0 Å². The Bertz CT molecular complexity index is 729. The van der Waals surface area contributed by atoms with E-state index in [1.807, 2.05) is 0 Å². The first-order valence-electron chi connectivity index (χ1n) is 7.52. The molecule has 2 aromatic rings. The number of alkyl halides is 3. The van der Waals surface area contributed by atoms with E-state index in [0.717, 1.165) is 12.1 Å². The van der Waals surface area contributed by atoms with Crippen molar-refractivity contribution in [2.75, 3.05) is 0 Å². The zero-order valence-electron chi connectivity index (χ0n) is 14.0. The highest BCUT2D eigenvalue weighted by atomic mass is 19.4. The number of hydrogen-bond donors (Lipinski definition) is 1. The van der Waals surface area contributed by atoms with Gasteiger partial charge in [0, 0.05) is 11.4 Å². The van der Waals surface area contributed by atoms with Crippen LogP contribution in [0.15, 0.2) is 28.9 Å². The fraction of sp³-hybridized carbons (Fsp3) is 0.471. The van der Waals surface area contributed by atoms with Crippen molar-refractivity contribution in [1.82, 2.24) is 5.32 Å². The van der Waals surface area contributed by atoms with Gasteiger partial charge in [0.15, 0.2) is 0 Å². The summed E-state index contributed by atoms with van der Waals surface area (Å²) in [5.41, 5.74) is -0.612. The van der Waals surface area contributed by atoms with Crippen molar-refractivity contribution >= 4 is 17.1 Å². The quantitative estimate of drug-likeness (QED) is 0.862. The summed E-state index contributed by atoms with van der Waals surface area (Å²) in [6.07, 6.45) is -3.52. The molecule has 4 nitrogen and oxygen atoms in total. The van der Waals surface area contributed by atoms with Gasteiger partial charge in [0.2, 0.25) is 0 Å². The number of carbonyl (C=O) groups is 1. The maximum absolute atomic E-state index is 13.0. The summed E-state index contributed by atoms with van der Waals surface area (Å²) in [5.74, 6) is 0. The van der Waals surface area contributed by atoms with Gasteiger partial charge in [0.1, 0.15) is 11.2 Å². The molecule has 1 heterocycles. The zero-order valence-corrected chi connectivity index (χ0v) is 14.0. The Morgan fingerprint density at radius 3 is 2.54 bits per heavy atom. The summed E-state index contributed by atoms with van der Waals surface area (Å²) >= 11 is 0. The molecule has 0 aliphatic rings. The van der Waals surface area contributed by atoms with Gasteiger partial charge in [0.05, 0.1) is 11.8 Å². The Morgan fingerprint density at radius 1 is 1.29 bits per heavy atom. The maximum Gasteiger partial charge on any atom is 0.416 e. The minimum atomic E-state index is -4.44. The van der Waals surface area contributed by atoms with Crippen molar-refractivity contribution in [3.63, 3.8) is 0 Å². The van der Waals surface area contributed by atoms with E-state index in [1.165, 1.54) is 12.3 Å². The molecule has 132 valence electrons. The second-order valence-corrected chi connectivity index (χ2v) is 6.72. The summed E-state index contributed by atoms with van der Waals surface area (Å²) in [6, 6.07) is 3.17. The molecule has 1 atom stereocenters. The summed E-state index contributed by atoms with van der Waals surface area (Å²) in [5, 5.41) is 2.99. The summed E-state index contributed by atoms with van der Waals surface area (Å²) in [4.78, 5) is 11.8. The van der Waals surface area contributed by atoms with Crippen LogP contribution in [0, 0.1) is 0 Å². The lowest BCUT2D eigenvalue weighted by Gasteiger charge is -2.22. The Hall–Kier alpha value is -2.18. The Morgan fingerprint density at radius 2 is 1.96 bits per heavy atom. The molecular formula is C17H20F3NO3. The van der Waals surface area contributed by atoms with Crippen molar-refractivity contribution in [3.05, 3.63) is 35.6 Å². The van der Waals surface area contributed by atoms with Gasteiger partial charge in [-0.1, -0.05) is 0 Å². The highest BCUT2D eigenvalue weighted by molar-refractivity contribution is 5.81. The normalized spacial score (nSPS) is 13.8. The van der Waals surface area contributed by atoms with E-state index in [4.69, 9.17) is 9.15 Å². The van der Waals surface area contributed by atoms with E-state index in [1.54, 1.807) is 27.7 Å². The molecule has 0 fully saturated rings. The lowest BCUT2D eigenvalue weighted by molar-refractivity contribution is -0.137. The third kappa shape index (κ3) is 4.66. The van der Waals surface area contributed by atoms with Crippen LogP contribution in [0.4, 0.5) is 18.0 Å². The van der Waals surface area contributed by atoms with Crippen molar-refractivity contribution in [3.8, 4) is 0 Å². The Balaban J connectivity index is 2.19. The first kappa shape index (κ1) is 18.2. The topological polar surface area (TPSA) is 51.5 Å². The number of alkyl carbamates (subject to hydrolysis) is 1. The molecule has 0 radical (unpaired) electrons. The van der Waals surface area contributed by atoms with E-state index in [-0.39, 0.29) is 6.42 Å². The summed E-state index contributed by atoms with van der Waals surface area (Å²) in [7, 11) is 0. The third-order valence-corrected chi connectivity index (χ3v) is 3.24. The van der Waals surface area contributed by atoms with Gasteiger partial charge in [-0.15, -0.1) is 0 Å². The molecule has 1 aromatic carbocycles. The van der Waals surface area contributed by atoms with Crippen LogP contribution < -0.4 is 5.32 Å². The molecular weight excluding hydrogens is 323 g/mol. The standard InChI is InChI=1S/C17H20F3NO3/c1-10(21-15(22)24-16(2,3)4)7-12-9-13(17(18,19)20)8-11-5-6-23-14(11)12/h5-6,8-10H,7H2,1-4H3,(H,21,22)/t10-/m1/s1. The summed E-state index contributed by atoms with van der Waals surface area (Å²) < 4.78 is 49.5. The van der Waals surface area contributed by atoms with E-state index in [2.05, 4.69) is 5.32 Å². The molecule has 1 aromatic heterocycles. The van der Waals surface area contributed by atoms with Crippen LogP contribution in [0.25, 0.3) is 11.0 Å². The Labute approximate surface area is 138 Å². The van der Waals surface area contributed by atoms with E-state index in [0.29, 0.717) is 16.5 Å². The molecule has 7 heteroatoms. The number of hydrogen-bond acceptors (Lipinski definition) is 3. The number of ether oxygens (including phenoxy) is 1. The number of rotatable bonds is 3. The molecule has 0 aliphatic carbocycles. The monoisotopic (exact) mass is 343 g/mol. The molecule has 0 saturated carbocycles. The Kier molecular flexibility index (Phi) is 4.82. The predicted octanol–water partition coefficient (Wildman–Crippen LogP) is 4.91. The van der Waals surface area contributed by atoms with Gasteiger partial charge in [-0.25, -0.2) is 4.79 Å². The molecule has 1 N–H and O–H groups in total. The SMILES string of the molecule is C[C@H](Cc1cc(C(F)(F)F)cc2ccoc12)NC(=O)OC(C)(C)C. The van der Waals surface area contributed by atoms with Crippen LogP contribution in [0.5, 0.6) is 0 Å². The second kappa shape index (κ2) is 6.37. The fourth-order valence-corrected chi connectivity index (χ4v) is 2.36. The number of fused-ring (bicyclic) bond motifs is 1. The molecule has 0 saturated heterocycles. The minimum absolute atomic E-state index is 0.188. The second-order valence-electron chi connectivity index (χ2n) is 6.72. The lowest BCUT2D eigenvalue weighted by Crippen LogP contribution is -2.38. The highest BCUT2D eigenvalue weighted by Crippen LogP contribution is 2.34. The predicted molar refractivity (Wildman–Crippen MR) is 83.8 cm³/mol. The van der Waals surface area contributed by atoms with E-state index >= 15 is 0 Å². The first-order valence-corrected chi connectivity index (χ1v) is 7.52.